The van der Waals surface area contributed by atoms with Crippen molar-refractivity contribution in [2.45, 2.75) is 37.9 Å². The number of aromatic amines is 1. The molecule has 0 amide bonds. The first kappa shape index (κ1) is 15.3. The van der Waals surface area contributed by atoms with Crippen LogP contribution in [0.4, 0.5) is 5.82 Å². The molecule has 1 saturated heterocycles. The summed E-state index contributed by atoms with van der Waals surface area (Å²) in [4.78, 5) is 28.4. The van der Waals surface area contributed by atoms with E-state index < -0.39 is 0 Å². The molecule has 24 heavy (non-hydrogen) atoms. The van der Waals surface area contributed by atoms with Crippen LogP contribution >= 0.6 is 0 Å². The van der Waals surface area contributed by atoms with Crippen LogP contribution in [-0.4, -0.2) is 33.2 Å². The van der Waals surface area contributed by atoms with Crippen molar-refractivity contribution in [2.24, 2.45) is 7.05 Å². The molecule has 0 spiro atoms. The van der Waals surface area contributed by atoms with Gasteiger partial charge in [-0.3, -0.25) is 14.3 Å². The molecule has 0 radical (unpaired) electrons. The monoisotopic (exact) mass is 329 g/mol. The summed E-state index contributed by atoms with van der Waals surface area (Å²) in [6.45, 7) is 2.49. The first-order chi connectivity index (χ1) is 11.6. The van der Waals surface area contributed by atoms with Gasteiger partial charge in [0.2, 0.25) is 0 Å². The zero-order valence-corrected chi connectivity index (χ0v) is 13.9. The van der Waals surface area contributed by atoms with E-state index in [4.69, 9.17) is 0 Å². The van der Waals surface area contributed by atoms with Gasteiger partial charge in [0.05, 0.1) is 0 Å². The van der Waals surface area contributed by atoms with Gasteiger partial charge in [-0.1, -0.05) is 0 Å². The summed E-state index contributed by atoms with van der Waals surface area (Å²) in [5.41, 5.74) is 0.696. The second-order valence-corrected chi connectivity index (χ2v) is 6.81. The number of aromatic nitrogens is 3. The molecule has 2 aromatic heterocycles. The molecule has 128 valence electrons. The molecule has 4 rings (SSSR count). The molecule has 1 saturated carbocycles. The molecule has 7 nitrogen and oxygen atoms in total. The Kier molecular flexibility index (Phi) is 3.80. The molecule has 0 bridgehead atoms. The lowest BCUT2D eigenvalue weighted by Crippen LogP contribution is -2.37. The maximum atomic E-state index is 11.8. The first-order valence-corrected chi connectivity index (χ1v) is 8.56. The third-order valence-corrected chi connectivity index (χ3v) is 5.04. The Balaban J connectivity index is 1.39. The fourth-order valence-electron chi connectivity index (χ4n) is 3.40. The minimum absolute atomic E-state index is 0.271. The highest BCUT2D eigenvalue weighted by Crippen LogP contribution is 2.36. The van der Waals surface area contributed by atoms with E-state index >= 15 is 0 Å². The molecule has 1 atom stereocenters. The lowest BCUT2D eigenvalue weighted by Gasteiger charge is -2.19. The molecule has 7 heteroatoms. The zero-order valence-electron chi connectivity index (χ0n) is 13.9. The summed E-state index contributed by atoms with van der Waals surface area (Å²) in [5, 5.41) is 3.61. The molecule has 3 heterocycles. The quantitative estimate of drug-likeness (QED) is 0.841. The van der Waals surface area contributed by atoms with E-state index in [1.54, 1.807) is 0 Å². The van der Waals surface area contributed by atoms with Crippen molar-refractivity contribution in [1.29, 1.82) is 0 Å². The van der Waals surface area contributed by atoms with Crippen molar-refractivity contribution < 1.29 is 0 Å². The van der Waals surface area contributed by atoms with Crippen molar-refractivity contribution in [3.63, 3.8) is 0 Å². The fourth-order valence-corrected chi connectivity index (χ4v) is 3.40. The predicted molar refractivity (Wildman–Crippen MR) is 92.5 cm³/mol. The number of H-pyrrole nitrogens is 1. The van der Waals surface area contributed by atoms with E-state index in [2.05, 4.69) is 38.1 Å². The van der Waals surface area contributed by atoms with Gasteiger partial charge in [0, 0.05) is 56.7 Å². The second-order valence-electron chi connectivity index (χ2n) is 6.81. The average Bonchev–Trinajstić information content (AvgIpc) is 3.11. The highest BCUT2D eigenvalue weighted by molar-refractivity contribution is 5.38. The van der Waals surface area contributed by atoms with Gasteiger partial charge in [-0.15, -0.1) is 0 Å². The fraction of sp³-hybridized carbons (Fsp3) is 0.529. The summed E-state index contributed by atoms with van der Waals surface area (Å²) in [5.74, 6) is 0.619. The normalized spacial score (nSPS) is 20.7. The Labute approximate surface area is 139 Å². The van der Waals surface area contributed by atoms with Crippen LogP contribution < -0.4 is 21.5 Å². The number of nitrogens with one attached hydrogen (secondary N) is 2. The number of anilines is 1. The molecule has 1 aliphatic heterocycles. The van der Waals surface area contributed by atoms with Crippen LogP contribution in [0.5, 0.6) is 0 Å². The topological polar surface area (TPSA) is 75.1 Å². The third kappa shape index (κ3) is 2.91. The molecule has 2 aliphatic rings. The highest BCUT2D eigenvalue weighted by Gasteiger charge is 2.26. The molecule has 2 aromatic rings. The molecule has 1 aliphatic carbocycles. The lowest BCUT2D eigenvalue weighted by molar-refractivity contribution is 0.529. The Bertz CT molecular complexity index is 814. The maximum Gasteiger partial charge on any atom is 0.329 e. The van der Waals surface area contributed by atoms with Crippen LogP contribution in [0.2, 0.25) is 0 Å². The van der Waals surface area contributed by atoms with Crippen molar-refractivity contribution in [2.75, 3.05) is 18.0 Å². The number of nitrogens with zero attached hydrogens (tertiary/aromatic N) is 3. The van der Waals surface area contributed by atoms with Gasteiger partial charge in [-0.25, -0.2) is 4.79 Å². The zero-order chi connectivity index (χ0) is 16.7. The summed E-state index contributed by atoms with van der Waals surface area (Å²) in [6.07, 6.45) is 5.74. The number of hydrogen-bond acceptors (Lipinski definition) is 4. The van der Waals surface area contributed by atoms with Crippen molar-refractivity contribution in [1.82, 2.24) is 19.4 Å². The van der Waals surface area contributed by atoms with E-state index in [9.17, 15) is 9.59 Å². The van der Waals surface area contributed by atoms with Crippen LogP contribution in [0.3, 0.4) is 0 Å². The van der Waals surface area contributed by atoms with Crippen LogP contribution in [0, 0.1) is 0 Å². The van der Waals surface area contributed by atoms with E-state index in [-0.39, 0.29) is 11.2 Å². The summed E-state index contributed by atoms with van der Waals surface area (Å²) < 4.78 is 3.46. The Morgan fingerprint density at radius 2 is 2.12 bits per heavy atom. The van der Waals surface area contributed by atoms with E-state index in [1.165, 1.54) is 31.6 Å². The minimum atomic E-state index is -0.365. The van der Waals surface area contributed by atoms with E-state index in [0.717, 1.165) is 30.6 Å². The largest absolute Gasteiger partial charge is 0.356 e. The van der Waals surface area contributed by atoms with Crippen LogP contribution in [0.1, 0.15) is 31.0 Å². The maximum absolute atomic E-state index is 11.8. The smallest absolute Gasteiger partial charge is 0.329 e. The van der Waals surface area contributed by atoms with E-state index in [0.29, 0.717) is 17.9 Å². The van der Waals surface area contributed by atoms with Crippen molar-refractivity contribution in [3.8, 4) is 0 Å². The van der Waals surface area contributed by atoms with Crippen LogP contribution in [0.25, 0.3) is 0 Å². The summed E-state index contributed by atoms with van der Waals surface area (Å²) in [7, 11) is 1.48. The molecular formula is C17H23N5O2. The standard InChI is InChI=1S/C17H23N5O2/c1-20-16(23)9-15(19-17(20)24)21-8-6-12(11-21)18-10-14-3-2-7-22(14)13-4-5-13/h2-3,7,9,12-13,18H,4-6,8,10-11H2,1H3,(H,19,24)/t12-/m1/s1. The summed E-state index contributed by atoms with van der Waals surface area (Å²) in [6, 6.07) is 6.85. The predicted octanol–water partition coefficient (Wildman–Crippen LogP) is 0.578. The second kappa shape index (κ2) is 5.98. The average molecular weight is 329 g/mol. The number of rotatable bonds is 5. The molecular weight excluding hydrogens is 306 g/mol. The Morgan fingerprint density at radius 1 is 1.29 bits per heavy atom. The van der Waals surface area contributed by atoms with Gasteiger partial charge in [0.1, 0.15) is 5.82 Å². The summed E-state index contributed by atoms with van der Waals surface area (Å²) >= 11 is 0. The molecule has 2 fully saturated rings. The van der Waals surface area contributed by atoms with Gasteiger partial charge < -0.3 is 14.8 Å². The Hall–Kier alpha value is -2.28. The van der Waals surface area contributed by atoms with Crippen molar-refractivity contribution >= 4 is 5.82 Å². The van der Waals surface area contributed by atoms with Gasteiger partial charge in [-0.2, -0.15) is 0 Å². The lowest BCUT2D eigenvalue weighted by atomic mass is 10.2. The van der Waals surface area contributed by atoms with Gasteiger partial charge in [0.15, 0.2) is 0 Å². The van der Waals surface area contributed by atoms with Crippen LogP contribution in [0.15, 0.2) is 34.0 Å². The van der Waals surface area contributed by atoms with Crippen molar-refractivity contribution in [3.05, 3.63) is 50.9 Å². The van der Waals surface area contributed by atoms with Crippen LogP contribution in [-0.2, 0) is 13.6 Å². The Morgan fingerprint density at radius 3 is 2.88 bits per heavy atom. The van der Waals surface area contributed by atoms with Gasteiger partial charge >= 0.3 is 5.69 Å². The molecule has 2 N–H and O–H groups in total. The van der Waals surface area contributed by atoms with E-state index in [1.807, 2.05) is 0 Å². The molecule has 0 unspecified atom stereocenters. The number of hydrogen-bond donors (Lipinski definition) is 2. The first-order valence-electron chi connectivity index (χ1n) is 8.56. The SMILES string of the molecule is Cn1c(=O)cc(N2CC[C@@H](NCc3cccn3C3CC3)C2)[nH]c1=O. The minimum Gasteiger partial charge on any atom is -0.356 e. The van der Waals surface area contributed by atoms with Gasteiger partial charge in [-0.05, 0) is 31.4 Å². The third-order valence-electron chi connectivity index (χ3n) is 5.04. The molecule has 0 aromatic carbocycles. The highest BCUT2D eigenvalue weighted by atomic mass is 16.2. The van der Waals surface area contributed by atoms with Gasteiger partial charge in [0.25, 0.3) is 5.56 Å².